The standard InChI is InChI=1S/C15H33N/c1-5-6-7-8-9-10-11-15(16-4)13-12-14(2)3/h14-16H,5-13H2,1-4H3. The molecule has 98 valence electrons. The Morgan fingerprint density at radius 3 is 2.00 bits per heavy atom. The molecular weight excluding hydrogens is 194 g/mol. The van der Waals surface area contributed by atoms with Crippen LogP contribution in [0.15, 0.2) is 0 Å². The highest BCUT2D eigenvalue weighted by Gasteiger charge is 2.06. The summed E-state index contributed by atoms with van der Waals surface area (Å²) in [5.41, 5.74) is 0. The number of unbranched alkanes of at least 4 members (excludes halogenated alkanes) is 5. The van der Waals surface area contributed by atoms with Crippen molar-refractivity contribution in [2.75, 3.05) is 7.05 Å². The third kappa shape index (κ3) is 10.5. The van der Waals surface area contributed by atoms with E-state index in [0.717, 1.165) is 12.0 Å². The molecule has 0 aliphatic carbocycles. The zero-order chi connectivity index (χ0) is 12.2. The third-order valence-corrected chi connectivity index (χ3v) is 3.41. The Morgan fingerprint density at radius 1 is 0.812 bits per heavy atom. The van der Waals surface area contributed by atoms with Crippen LogP contribution in [0.5, 0.6) is 0 Å². The quantitative estimate of drug-likeness (QED) is 0.502. The molecule has 0 radical (unpaired) electrons. The van der Waals surface area contributed by atoms with Gasteiger partial charge in [0.1, 0.15) is 0 Å². The average Bonchev–Trinajstić information content (AvgIpc) is 2.27. The molecule has 1 N–H and O–H groups in total. The van der Waals surface area contributed by atoms with Gasteiger partial charge in [-0.25, -0.2) is 0 Å². The predicted molar refractivity (Wildman–Crippen MR) is 74.9 cm³/mol. The van der Waals surface area contributed by atoms with Crippen LogP contribution in [-0.2, 0) is 0 Å². The van der Waals surface area contributed by atoms with Crippen molar-refractivity contribution in [3.63, 3.8) is 0 Å². The molecular formula is C15H33N. The topological polar surface area (TPSA) is 12.0 Å². The molecule has 0 saturated carbocycles. The van der Waals surface area contributed by atoms with E-state index in [1.54, 1.807) is 0 Å². The van der Waals surface area contributed by atoms with Crippen molar-refractivity contribution < 1.29 is 0 Å². The minimum atomic E-state index is 0.758. The molecule has 0 aliphatic rings. The van der Waals surface area contributed by atoms with Crippen LogP contribution >= 0.6 is 0 Å². The molecule has 0 aliphatic heterocycles. The van der Waals surface area contributed by atoms with Gasteiger partial charge in [-0.05, 0) is 32.2 Å². The van der Waals surface area contributed by atoms with Crippen molar-refractivity contribution >= 4 is 0 Å². The Labute approximate surface area is 103 Å². The van der Waals surface area contributed by atoms with Gasteiger partial charge in [0.15, 0.2) is 0 Å². The van der Waals surface area contributed by atoms with Gasteiger partial charge in [0, 0.05) is 6.04 Å². The number of nitrogens with one attached hydrogen (secondary N) is 1. The second-order valence-electron chi connectivity index (χ2n) is 5.51. The number of hydrogen-bond donors (Lipinski definition) is 1. The van der Waals surface area contributed by atoms with Gasteiger partial charge in [0.05, 0.1) is 0 Å². The van der Waals surface area contributed by atoms with Gasteiger partial charge in [-0.2, -0.15) is 0 Å². The van der Waals surface area contributed by atoms with Crippen molar-refractivity contribution in [2.24, 2.45) is 5.92 Å². The van der Waals surface area contributed by atoms with E-state index in [-0.39, 0.29) is 0 Å². The highest BCUT2D eigenvalue weighted by atomic mass is 14.9. The summed E-state index contributed by atoms with van der Waals surface area (Å²) in [5.74, 6) is 0.848. The molecule has 1 atom stereocenters. The van der Waals surface area contributed by atoms with E-state index in [4.69, 9.17) is 0 Å². The molecule has 1 heteroatoms. The maximum atomic E-state index is 3.46. The van der Waals surface area contributed by atoms with E-state index in [1.165, 1.54) is 57.8 Å². The summed E-state index contributed by atoms with van der Waals surface area (Å²) in [4.78, 5) is 0. The first kappa shape index (κ1) is 16.0. The van der Waals surface area contributed by atoms with E-state index in [9.17, 15) is 0 Å². The largest absolute Gasteiger partial charge is 0.317 e. The summed E-state index contributed by atoms with van der Waals surface area (Å²) in [6.45, 7) is 6.91. The first-order valence-electron chi connectivity index (χ1n) is 7.38. The predicted octanol–water partition coefficient (Wildman–Crippen LogP) is 4.76. The minimum Gasteiger partial charge on any atom is -0.317 e. The lowest BCUT2D eigenvalue weighted by atomic mass is 9.98. The van der Waals surface area contributed by atoms with E-state index >= 15 is 0 Å². The van der Waals surface area contributed by atoms with Crippen molar-refractivity contribution in [1.29, 1.82) is 0 Å². The molecule has 0 rings (SSSR count). The Balaban J connectivity index is 3.33. The fraction of sp³-hybridized carbons (Fsp3) is 1.00. The molecule has 0 aromatic heterocycles. The van der Waals surface area contributed by atoms with Gasteiger partial charge in [-0.15, -0.1) is 0 Å². The van der Waals surface area contributed by atoms with Crippen molar-refractivity contribution in [3.8, 4) is 0 Å². The van der Waals surface area contributed by atoms with Gasteiger partial charge < -0.3 is 5.32 Å². The monoisotopic (exact) mass is 227 g/mol. The van der Waals surface area contributed by atoms with Crippen LogP contribution in [0.1, 0.15) is 78.6 Å². The van der Waals surface area contributed by atoms with Gasteiger partial charge in [0.25, 0.3) is 0 Å². The second-order valence-corrected chi connectivity index (χ2v) is 5.51. The van der Waals surface area contributed by atoms with Crippen LogP contribution < -0.4 is 5.32 Å². The zero-order valence-electron chi connectivity index (χ0n) is 12.0. The SMILES string of the molecule is CCCCCCCCC(CCC(C)C)NC. The molecule has 0 saturated heterocycles. The van der Waals surface area contributed by atoms with Crippen LogP contribution in [0.2, 0.25) is 0 Å². The van der Waals surface area contributed by atoms with E-state index < -0.39 is 0 Å². The molecule has 1 nitrogen and oxygen atoms in total. The highest BCUT2D eigenvalue weighted by molar-refractivity contribution is 4.65. The van der Waals surface area contributed by atoms with Gasteiger partial charge in [0.2, 0.25) is 0 Å². The average molecular weight is 227 g/mol. The lowest BCUT2D eigenvalue weighted by Crippen LogP contribution is -2.25. The maximum absolute atomic E-state index is 3.46. The molecule has 0 fully saturated rings. The second kappa shape index (κ2) is 11.4. The van der Waals surface area contributed by atoms with E-state index in [1.807, 2.05) is 0 Å². The fourth-order valence-corrected chi connectivity index (χ4v) is 2.14. The first-order chi connectivity index (χ1) is 7.70. The molecule has 0 bridgehead atoms. The smallest absolute Gasteiger partial charge is 0.00641 e. The van der Waals surface area contributed by atoms with Crippen LogP contribution in [-0.4, -0.2) is 13.1 Å². The normalized spacial score (nSPS) is 13.3. The van der Waals surface area contributed by atoms with E-state index in [2.05, 4.69) is 33.1 Å². The molecule has 0 aromatic rings. The summed E-state index contributed by atoms with van der Waals surface area (Å²) in [6.07, 6.45) is 12.6. The summed E-state index contributed by atoms with van der Waals surface area (Å²) < 4.78 is 0. The zero-order valence-corrected chi connectivity index (χ0v) is 12.0. The molecule has 16 heavy (non-hydrogen) atoms. The molecule has 0 aromatic carbocycles. The van der Waals surface area contributed by atoms with Crippen molar-refractivity contribution in [2.45, 2.75) is 84.6 Å². The minimum absolute atomic E-state index is 0.758. The first-order valence-corrected chi connectivity index (χ1v) is 7.38. The highest BCUT2D eigenvalue weighted by Crippen LogP contribution is 2.13. The number of rotatable bonds is 11. The van der Waals surface area contributed by atoms with Crippen LogP contribution in [0.4, 0.5) is 0 Å². The Hall–Kier alpha value is -0.0400. The summed E-state index contributed by atoms with van der Waals surface area (Å²) in [7, 11) is 2.11. The molecule has 0 heterocycles. The summed E-state index contributed by atoms with van der Waals surface area (Å²) >= 11 is 0. The lowest BCUT2D eigenvalue weighted by molar-refractivity contribution is 0.416. The fourth-order valence-electron chi connectivity index (χ4n) is 2.14. The Bertz CT molecular complexity index is 131. The van der Waals surface area contributed by atoms with E-state index in [0.29, 0.717) is 0 Å². The van der Waals surface area contributed by atoms with Gasteiger partial charge in [-0.3, -0.25) is 0 Å². The van der Waals surface area contributed by atoms with Crippen LogP contribution in [0.25, 0.3) is 0 Å². The molecule has 1 unspecified atom stereocenters. The lowest BCUT2D eigenvalue weighted by Gasteiger charge is -2.17. The Morgan fingerprint density at radius 2 is 1.44 bits per heavy atom. The maximum Gasteiger partial charge on any atom is 0.00641 e. The van der Waals surface area contributed by atoms with Crippen molar-refractivity contribution in [3.05, 3.63) is 0 Å². The van der Waals surface area contributed by atoms with Gasteiger partial charge in [-0.1, -0.05) is 59.3 Å². The number of hydrogen-bond acceptors (Lipinski definition) is 1. The van der Waals surface area contributed by atoms with Gasteiger partial charge >= 0.3 is 0 Å². The molecule has 0 spiro atoms. The third-order valence-electron chi connectivity index (χ3n) is 3.41. The summed E-state index contributed by atoms with van der Waals surface area (Å²) in [6, 6.07) is 0.758. The van der Waals surface area contributed by atoms with Crippen LogP contribution in [0.3, 0.4) is 0 Å². The molecule has 0 amide bonds. The summed E-state index contributed by atoms with van der Waals surface area (Å²) in [5, 5.41) is 3.46. The van der Waals surface area contributed by atoms with Crippen molar-refractivity contribution in [1.82, 2.24) is 5.32 Å². The van der Waals surface area contributed by atoms with Crippen LogP contribution in [0, 0.1) is 5.92 Å². The Kier molecular flexibility index (Phi) is 11.4.